The van der Waals surface area contributed by atoms with Crippen LogP contribution in [0.4, 0.5) is 5.95 Å². The maximum absolute atomic E-state index is 5.12. The zero-order valence-electron chi connectivity index (χ0n) is 12.7. The van der Waals surface area contributed by atoms with E-state index in [1.165, 1.54) is 19.3 Å². The Kier molecular flexibility index (Phi) is 4.38. The molecule has 3 rings (SSSR count). The fraction of sp³-hybridized carbons (Fsp3) is 0.786. The number of anilines is 1. The molecule has 2 aliphatic rings. The summed E-state index contributed by atoms with van der Waals surface area (Å²) in [5.74, 6) is 1.29. The van der Waals surface area contributed by atoms with Crippen molar-refractivity contribution in [1.82, 2.24) is 20.3 Å². The van der Waals surface area contributed by atoms with Crippen molar-refractivity contribution >= 4 is 5.95 Å². The van der Waals surface area contributed by atoms with Crippen molar-refractivity contribution < 1.29 is 9.47 Å². The van der Waals surface area contributed by atoms with Gasteiger partial charge in [-0.15, -0.1) is 4.98 Å². The second kappa shape index (κ2) is 6.43. The first kappa shape index (κ1) is 14.3. The molecule has 1 aromatic heterocycles. The van der Waals surface area contributed by atoms with Crippen LogP contribution in [-0.4, -0.2) is 54.8 Å². The van der Waals surface area contributed by atoms with E-state index in [1.807, 2.05) is 0 Å². The summed E-state index contributed by atoms with van der Waals surface area (Å²) in [6.07, 6.45) is 5.08. The van der Waals surface area contributed by atoms with Crippen molar-refractivity contribution in [3.05, 3.63) is 0 Å². The summed E-state index contributed by atoms with van der Waals surface area (Å²) in [6, 6.07) is 1.36. The maximum Gasteiger partial charge on any atom is 0.324 e. The molecule has 21 heavy (non-hydrogen) atoms. The van der Waals surface area contributed by atoms with E-state index >= 15 is 0 Å². The van der Waals surface area contributed by atoms with Gasteiger partial charge in [-0.1, -0.05) is 0 Å². The van der Waals surface area contributed by atoms with Crippen molar-refractivity contribution in [2.24, 2.45) is 5.92 Å². The van der Waals surface area contributed by atoms with E-state index in [2.05, 4.69) is 25.2 Å². The van der Waals surface area contributed by atoms with Gasteiger partial charge in [-0.2, -0.15) is 9.97 Å². The van der Waals surface area contributed by atoms with Crippen LogP contribution in [0.25, 0.3) is 0 Å². The number of methoxy groups -OCH3 is 2. The van der Waals surface area contributed by atoms with Crippen molar-refractivity contribution in [2.75, 3.05) is 38.8 Å². The summed E-state index contributed by atoms with van der Waals surface area (Å²) in [5.41, 5.74) is 0. The summed E-state index contributed by atoms with van der Waals surface area (Å²) in [6.45, 7) is 3.02. The van der Waals surface area contributed by atoms with Gasteiger partial charge >= 0.3 is 12.0 Å². The van der Waals surface area contributed by atoms with Gasteiger partial charge in [0.2, 0.25) is 5.95 Å². The Hall–Kier alpha value is -1.63. The highest BCUT2D eigenvalue weighted by molar-refractivity contribution is 5.33. The summed E-state index contributed by atoms with van der Waals surface area (Å²) >= 11 is 0. The van der Waals surface area contributed by atoms with Gasteiger partial charge in [0, 0.05) is 19.1 Å². The Morgan fingerprint density at radius 3 is 2.43 bits per heavy atom. The van der Waals surface area contributed by atoms with Gasteiger partial charge in [0.1, 0.15) is 0 Å². The molecule has 1 aromatic rings. The average Bonchev–Trinajstić information content (AvgIpc) is 3.37. The molecule has 1 atom stereocenters. The predicted molar refractivity (Wildman–Crippen MR) is 78.9 cm³/mol. The molecule has 0 spiro atoms. The van der Waals surface area contributed by atoms with Crippen molar-refractivity contribution in [1.29, 1.82) is 0 Å². The fourth-order valence-electron chi connectivity index (χ4n) is 2.69. The number of hydrogen-bond acceptors (Lipinski definition) is 7. The van der Waals surface area contributed by atoms with Gasteiger partial charge in [0.05, 0.1) is 14.2 Å². The summed E-state index contributed by atoms with van der Waals surface area (Å²) < 4.78 is 10.2. The molecular weight excluding hydrogens is 270 g/mol. The lowest BCUT2D eigenvalue weighted by molar-refractivity contribution is 0.336. The molecule has 0 amide bonds. The van der Waals surface area contributed by atoms with Crippen LogP contribution in [0.1, 0.15) is 25.7 Å². The van der Waals surface area contributed by atoms with E-state index in [1.54, 1.807) is 14.2 Å². The molecule has 0 bridgehead atoms. The Morgan fingerprint density at radius 2 is 1.81 bits per heavy atom. The van der Waals surface area contributed by atoms with Crippen LogP contribution in [0, 0.1) is 5.92 Å². The normalized spacial score (nSPS) is 22.2. The molecule has 1 unspecified atom stereocenters. The third kappa shape index (κ3) is 3.72. The monoisotopic (exact) mass is 293 g/mol. The topological polar surface area (TPSA) is 72.4 Å². The maximum atomic E-state index is 5.12. The molecule has 1 aliphatic heterocycles. The first-order valence-corrected chi connectivity index (χ1v) is 7.61. The van der Waals surface area contributed by atoms with Crippen molar-refractivity contribution in [2.45, 2.75) is 31.7 Å². The molecule has 2 fully saturated rings. The molecular formula is C14H23N5O2. The zero-order chi connectivity index (χ0) is 14.7. The van der Waals surface area contributed by atoms with Crippen LogP contribution >= 0.6 is 0 Å². The lowest BCUT2D eigenvalue weighted by atomic mass is 9.98. The van der Waals surface area contributed by atoms with E-state index in [9.17, 15) is 0 Å². The summed E-state index contributed by atoms with van der Waals surface area (Å²) in [7, 11) is 3.11. The number of nitrogens with zero attached hydrogens (tertiary/aromatic N) is 4. The Balaban J connectivity index is 1.66. The Labute approximate surface area is 125 Å². The molecule has 1 saturated heterocycles. The molecule has 1 saturated carbocycles. The molecule has 1 N–H and O–H groups in total. The van der Waals surface area contributed by atoms with Crippen LogP contribution in [-0.2, 0) is 0 Å². The van der Waals surface area contributed by atoms with Crippen molar-refractivity contribution in [3.63, 3.8) is 0 Å². The number of hydrogen-bond donors (Lipinski definition) is 1. The minimum absolute atomic E-state index is 0.301. The molecule has 0 aromatic carbocycles. The number of piperidine rings is 1. The van der Waals surface area contributed by atoms with Gasteiger partial charge in [-0.25, -0.2) is 0 Å². The lowest BCUT2D eigenvalue weighted by Crippen LogP contribution is -2.41. The van der Waals surface area contributed by atoms with E-state index in [-0.39, 0.29) is 0 Å². The third-order valence-corrected chi connectivity index (χ3v) is 4.02. The predicted octanol–water partition coefficient (Wildman–Crippen LogP) is 0.857. The van der Waals surface area contributed by atoms with Crippen LogP contribution < -0.4 is 19.7 Å². The lowest BCUT2D eigenvalue weighted by Gasteiger charge is -2.33. The van der Waals surface area contributed by atoms with Crippen LogP contribution in [0.3, 0.4) is 0 Å². The Morgan fingerprint density at radius 1 is 1.10 bits per heavy atom. The van der Waals surface area contributed by atoms with Crippen LogP contribution in [0.2, 0.25) is 0 Å². The van der Waals surface area contributed by atoms with Gasteiger partial charge in [-0.05, 0) is 38.1 Å². The van der Waals surface area contributed by atoms with Crippen LogP contribution in [0.5, 0.6) is 12.0 Å². The SMILES string of the molecule is COc1nc(OC)nc(N2CCCC(CNC3CC3)C2)n1. The van der Waals surface area contributed by atoms with Gasteiger partial charge in [0.15, 0.2) is 0 Å². The van der Waals surface area contributed by atoms with Crippen molar-refractivity contribution in [3.8, 4) is 12.0 Å². The molecule has 0 radical (unpaired) electrons. The van der Waals surface area contributed by atoms with E-state index in [0.717, 1.165) is 32.1 Å². The Bertz CT molecular complexity index is 458. The summed E-state index contributed by atoms with van der Waals surface area (Å²) in [5, 5.41) is 3.61. The van der Waals surface area contributed by atoms with E-state index < -0.39 is 0 Å². The second-order valence-electron chi connectivity index (χ2n) is 5.75. The van der Waals surface area contributed by atoms with E-state index in [0.29, 0.717) is 23.9 Å². The quantitative estimate of drug-likeness (QED) is 0.834. The highest BCUT2D eigenvalue weighted by Gasteiger charge is 2.26. The van der Waals surface area contributed by atoms with E-state index in [4.69, 9.17) is 9.47 Å². The average molecular weight is 293 g/mol. The van der Waals surface area contributed by atoms with Crippen LogP contribution in [0.15, 0.2) is 0 Å². The second-order valence-corrected chi connectivity index (χ2v) is 5.75. The fourth-order valence-corrected chi connectivity index (χ4v) is 2.69. The minimum Gasteiger partial charge on any atom is -0.467 e. The van der Waals surface area contributed by atoms with Gasteiger partial charge < -0.3 is 19.7 Å². The zero-order valence-corrected chi connectivity index (χ0v) is 12.7. The molecule has 7 heteroatoms. The number of aromatic nitrogens is 3. The highest BCUT2D eigenvalue weighted by Crippen LogP contribution is 2.24. The molecule has 2 heterocycles. The summed E-state index contributed by atoms with van der Waals surface area (Å²) in [4.78, 5) is 14.9. The highest BCUT2D eigenvalue weighted by atomic mass is 16.5. The standard InChI is InChI=1S/C14H23N5O2/c1-20-13-16-12(17-14(18-13)21-2)19-7-3-4-10(9-19)8-15-11-5-6-11/h10-11,15H,3-9H2,1-2H3. The minimum atomic E-state index is 0.301. The smallest absolute Gasteiger partial charge is 0.324 e. The first-order chi connectivity index (χ1) is 10.3. The molecule has 7 nitrogen and oxygen atoms in total. The van der Waals surface area contributed by atoms with Gasteiger partial charge in [-0.3, -0.25) is 0 Å². The number of ether oxygens (including phenoxy) is 2. The molecule has 116 valence electrons. The first-order valence-electron chi connectivity index (χ1n) is 7.61. The molecule has 1 aliphatic carbocycles. The van der Waals surface area contributed by atoms with Gasteiger partial charge in [0.25, 0.3) is 0 Å². The third-order valence-electron chi connectivity index (χ3n) is 4.02. The number of rotatable bonds is 6. The number of nitrogens with one attached hydrogen (secondary N) is 1. The largest absolute Gasteiger partial charge is 0.467 e.